The van der Waals surface area contributed by atoms with E-state index in [4.69, 9.17) is 24.2 Å². The number of nitriles is 1. The van der Waals surface area contributed by atoms with Crippen LogP contribution in [0.4, 0.5) is 0 Å². The minimum Gasteiger partial charge on any atom is -0.764 e. The van der Waals surface area contributed by atoms with Crippen LogP contribution in [0.25, 0.3) is 0 Å². The van der Waals surface area contributed by atoms with Crippen LogP contribution in [0.5, 0.6) is 0 Å². The predicted molar refractivity (Wildman–Crippen MR) is 94.4 cm³/mol. The summed E-state index contributed by atoms with van der Waals surface area (Å²) in [4.78, 5) is 4.24. The van der Waals surface area contributed by atoms with Gasteiger partial charge in [0.25, 0.3) is 0 Å². The van der Waals surface area contributed by atoms with Gasteiger partial charge in [-0.1, -0.05) is 34.8 Å². The lowest BCUT2D eigenvalue weighted by molar-refractivity contribution is -0.741. The zero-order valence-electron chi connectivity index (χ0n) is 13.0. The normalized spacial score (nSPS) is 29.6. The molecule has 1 aliphatic rings. The molecule has 1 aliphatic heterocycles. The summed E-state index contributed by atoms with van der Waals surface area (Å²) in [6.45, 7) is 1.63. The number of aliphatic hydroxyl groups is 1. The van der Waals surface area contributed by atoms with E-state index in [1.165, 1.54) is 0 Å². The quantitative estimate of drug-likeness (QED) is 0.664. The van der Waals surface area contributed by atoms with Gasteiger partial charge in [0, 0.05) is 17.2 Å². The van der Waals surface area contributed by atoms with E-state index in [0.717, 1.165) is 5.56 Å². The summed E-state index contributed by atoms with van der Waals surface area (Å²) in [6.07, 6.45) is 3.72. The minimum atomic E-state index is -1.42. The summed E-state index contributed by atoms with van der Waals surface area (Å²) in [6, 6.07) is 14.8. The van der Waals surface area contributed by atoms with E-state index in [1.54, 1.807) is 19.1 Å². The Bertz CT molecular complexity index is 799. The Balaban J connectivity index is 2.20. The smallest absolute Gasteiger partial charge is 0.214 e. The van der Waals surface area contributed by atoms with E-state index < -0.39 is 17.7 Å². The summed E-state index contributed by atoms with van der Waals surface area (Å²) in [7, 11) is 0. The maximum absolute atomic E-state index is 10.9. The average molecular weight is 358 g/mol. The largest absolute Gasteiger partial charge is 0.764 e. The van der Waals surface area contributed by atoms with Gasteiger partial charge in [0.15, 0.2) is 12.4 Å². The van der Waals surface area contributed by atoms with Gasteiger partial charge in [-0.15, -0.1) is 0 Å². The van der Waals surface area contributed by atoms with Crippen molar-refractivity contribution in [3.8, 4) is 6.07 Å². The predicted octanol–water partition coefficient (Wildman–Crippen LogP) is 2.76. The van der Waals surface area contributed by atoms with Crippen molar-refractivity contribution in [1.29, 1.82) is 5.26 Å². The molecule has 1 aromatic heterocycles. The summed E-state index contributed by atoms with van der Waals surface area (Å²) in [5, 5.41) is 21.5. The van der Waals surface area contributed by atoms with Gasteiger partial charge in [-0.25, -0.2) is 0 Å². The molecule has 0 saturated carbocycles. The van der Waals surface area contributed by atoms with Crippen LogP contribution < -0.4 is 4.57 Å². The molecule has 4 atom stereocenters. The van der Waals surface area contributed by atoms with E-state index in [0.29, 0.717) is 5.02 Å². The van der Waals surface area contributed by atoms with Crippen molar-refractivity contribution in [3.63, 3.8) is 0 Å². The lowest BCUT2D eigenvalue weighted by Crippen LogP contribution is -2.58. The van der Waals surface area contributed by atoms with E-state index in [-0.39, 0.29) is 11.0 Å². The van der Waals surface area contributed by atoms with Crippen molar-refractivity contribution in [3.05, 3.63) is 65.4 Å². The van der Waals surface area contributed by atoms with Crippen molar-refractivity contribution in [2.75, 3.05) is 0 Å². The summed E-state index contributed by atoms with van der Waals surface area (Å²) in [5.74, 6) is -0.932. The van der Waals surface area contributed by atoms with E-state index in [9.17, 15) is 10.4 Å². The first kappa shape index (κ1) is 16.8. The zero-order chi connectivity index (χ0) is 17.3. The highest BCUT2D eigenvalue weighted by molar-refractivity contribution is 7.77. The summed E-state index contributed by atoms with van der Waals surface area (Å²) >= 11 is 11.3. The number of halogens is 1. The first-order valence-corrected chi connectivity index (χ1v) is 8.32. The first-order chi connectivity index (χ1) is 11.4. The molecule has 2 aromatic rings. The lowest BCUT2D eigenvalue weighted by Gasteiger charge is -2.41. The van der Waals surface area contributed by atoms with E-state index >= 15 is 0 Å². The van der Waals surface area contributed by atoms with Crippen LogP contribution in [0, 0.1) is 17.2 Å². The SMILES string of the molecule is C[C@]1(O)N=C([S-])[C@H](C#N)[C@H](c2ccc(Cl)cc2)[C@H]1[n+]1ccccc1. The Morgan fingerprint density at radius 3 is 2.46 bits per heavy atom. The van der Waals surface area contributed by atoms with Crippen molar-refractivity contribution < 1.29 is 9.67 Å². The summed E-state index contributed by atoms with van der Waals surface area (Å²) < 4.78 is 1.88. The number of aromatic nitrogens is 1. The van der Waals surface area contributed by atoms with Gasteiger partial charge >= 0.3 is 0 Å². The molecule has 4 nitrogen and oxygen atoms in total. The minimum absolute atomic E-state index is 0.232. The van der Waals surface area contributed by atoms with Crippen LogP contribution in [0.2, 0.25) is 5.02 Å². The molecule has 122 valence electrons. The van der Waals surface area contributed by atoms with E-state index in [2.05, 4.69) is 11.1 Å². The fraction of sp³-hybridized carbons (Fsp3) is 0.278. The van der Waals surface area contributed by atoms with Crippen molar-refractivity contribution in [2.24, 2.45) is 10.9 Å². The second kappa shape index (κ2) is 6.48. The fourth-order valence-electron chi connectivity index (χ4n) is 3.30. The van der Waals surface area contributed by atoms with Crippen LogP contribution >= 0.6 is 11.6 Å². The van der Waals surface area contributed by atoms with Crippen LogP contribution in [0.1, 0.15) is 24.4 Å². The highest BCUT2D eigenvalue weighted by atomic mass is 35.5. The first-order valence-electron chi connectivity index (χ1n) is 7.54. The Morgan fingerprint density at radius 2 is 1.88 bits per heavy atom. The van der Waals surface area contributed by atoms with Gasteiger partial charge in [0.1, 0.15) is 0 Å². The van der Waals surface area contributed by atoms with Crippen LogP contribution in [-0.4, -0.2) is 15.9 Å². The standard InChI is InChI=1S/C18H16ClN3OS/c1-18(23)16(22-9-3-2-4-10-22)15(14(11-20)17(24)21-18)12-5-7-13(19)8-6-12/h2-10,14-16,23H,1H3/t14-,15+,16-,18-/m1/s1. The maximum atomic E-state index is 10.9. The molecule has 0 aliphatic carbocycles. The van der Waals surface area contributed by atoms with Crippen LogP contribution in [0.15, 0.2) is 59.9 Å². The van der Waals surface area contributed by atoms with Gasteiger partial charge in [0.2, 0.25) is 11.8 Å². The monoisotopic (exact) mass is 357 g/mol. The average Bonchev–Trinajstić information content (AvgIpc) is 2.55. The second-order valence-corrected chi connectivity index (χ2v) is 6.85. The van der Waals surface area contributed by atoms with Crippen molar-refractivity contribution in [1.82, 2.24) is 0 Å². The number of hydrogen-bond donors (Lipinski definition) is 1. The molecule has 3 rings (SSSR count). The molecule has 24 heavy (non-hydrogen) atoms. The molecule has 1 N–H and O–H groups in total. The maximum Gasteiger partial charge on any atom is 0.214 e. The van der Waals surface area contributed by atoms with Crippen LogP contribution in [-0.2, 0) is 12.6 Å². The number of aliphatic imine (C=N–C) groups is 1. The molecule has 6 heteroatoms. The van der Waals surface area contributed by atoms with Gasteiger partial charge < -0.3 is 17.7 Å². The van der Waals surface area contributed by atoms with Gasteiger partial charge in [-0.3, -0.25) is 4.99 Å². The molecule has 0 amide bonds. The van der Waals surface area contributed by atoms with Crippen LogP contribution in [0.3, 0.4) is 0 Å². The molecule has 1 aromatic carbocycles. The highest BCUT2D eigenvalue weighted by Crippen LogP contribution is 2.43. The second-order valence-electron chi connectivity index (χ2n) is 6.00. The molecular formula is C18H16ClN3OS. The molecule has 0 fully saturated rings. The molecule has 2 heterocycles. The van der Waals surface area contributed by atoms with Gasteiger partial charge in [-0.2, -0.15) is 9.83 Å². The lowest BCUT2D eigenvalue weighted by atomic mass is 9.75. The summed E-state index contributed by atoms with van der Waals surface area (Å²) in [5.41, 5.74) is -0.523. The Kier molecular flexibility index (Phi) is 4.55. The van der Waals surface area contributed by atoms with Crippen molar-refractivity contribution in [2.45, 2.75) is 24.6 Å². The number of nitrogens with zero attached hydrogens (tertiary/aromatic N) is 3. The Morgan fingerprint density at radius 1 is 1.25 bits per heavy atom. The highest BCUT2D eigenvalue weighted by Gasteiger charge is 2.51. The van der Waals surface area contributed by atoms with Crippen molar-refractivity contribution >= 4 is 29.3 Å². The Labute approximate surface area is 151 Å². The molecule has 0 unspecified atom stereocenters. The van der Waals surface area contributed by atoms with Gasteiger partial charge in [-0.05, 0) is 24.6 Å². The molecule has 0 saturated heterocycles. The molecule has 0 spiro atoms. The molecular weight excluding hydrogens is 342 g/mol. The zero-order valence-corrected chi connectivity index (χ0v) is 14.6. The third-order valence-electron chi connectivity index (χ3n) is 4.32. The van der Waals surface area contributed by atoms with E-state index in [1.807, 2.05) is 47.3 Å². The number of pyridine rings is 1. The molecule has 0 radical (unpaired) electrons. The topological polar surface area (TPSA) is 60.3 Å². The number of hydrogen-bond acceptors (Lipinski definition) is 4. The number of rotatable bonds is 2. The third-order valence-corrected chi connectivity index (χ3v) is 4.91. The third kappa shape index (κ3) is 3.01. The van der Waals surface area contributed by atoms with Gasteiger partial charge in [0.05, 0.1) is 17.9 Å². The number of benzene rings is 1. The fourth-order valence-corrected chi connectivity index (χ4v) is 3.81. The Hall–Kier alpha value is -2.00. The molecule has 0 bridgehead atoms.